The second kappa shape index (κ2) is 26.2. The van der Waals surface area contributed by atoms with Crippen molar-refractivity contribution in [1.29, 1.82) is 0 Å². The molecule has 0 aliphatic rings. The molecule has 0 spiro atoms. The number of nitrogens with one attached hydrogen (secondary N) is 1. The zero-order chi connectivity index (χ0) is 21.5. The summed E-state index contributed by atoms with van der Waals surface area (Å²) in [6, 6.07) is 17.6. The summed E-state index contributed by atoms with van der Waals surface area (Å²) in [7, 11) is 0. The van der Waals surface area contributed by atoms with Gasteiger partial charge in [-0.3, -0.25) is 0 Å². The zero-order valence-electron chi connectivity index (χ0n) is 19.7. The van der Waals surface area contributed by atoms with Gasteiger partial charge in [0.2, 0.25) is 0 Å². The second-order valence-corrected chi connectivity index (χ2v) is 5.18. The number of hydrogen-bond donors (Lipinski definition) is 1. The quantitative estimate of drug-likeness (QED) is 0.326. The van der Waals surface area contributed by atoms with Crippen molar-refractivity contribution in [1.82, 2.24) is 0 Å². The summed E-state index contributed by atoms with van der Waals surface area (Å²) in [4.78, 5) is 0. The van der Waals surface area contributed by atoms with Crippen molar-refractivity contribution < 1.29 is 0 Å². The van der Waals surface area contributed by atoms with Crippen molar-refractivity contribution >= 4 is 5.69 Å². The molecule has 0 saturated heterocycles. The maximum absolute atomic E-state index is 3.57. The summed E-state index contributed by atoms with van der Waals surface area (Å²) < 4.78 is 0. The van der Waals surface area contributed by atoms with Gasteiger partial charge in [-0.25, -0.2) is 0 Å². The smallest absolute Gasteiger partial charge is 0 e. The summed E-state index contributed by atoms with van der Waals surface area (Å²) in [6.45, 7) is 22.0. The third-order valence-corrected chi connectivity index (χ3v) is 3.28. The molecule has 0 atom stereocenters. The van der Waals surface area contributed by atoms with E-state index in [1.165, 1.54) is 36.0 Å². The molecule has 0 aliphatic heterocycles. The van der Waals surface area contributed by atoms with Crippen LogP contribution in [-0.2, 0) is 6.42 Å². The topological polar surface area (TPSA) is 12.0 Å². The summed E-state index contributed by atoms with van der Waals surface area (Å²) in [5.74, 6) is 0. The fourth-order valence-corrected chi connectivity index (χ4v) is 1.91. The fraction of sp³-hybridized carbons (Fsp3) is 0.462. The normalized spacial score (nSPS) is 7.75. The first-order chi connectivity index (χ1) is 13.2. The van der Waals surface area contributed by atoms with E-state index in [0.717, 1.165) is 5.69 Å². The van der Waals surface area contributed by atoms with Crippen molar-refractivity contribution in [2.45, 2.75) is 81.6 Å². The predicted molar refractivity (Wildman–Crippen MR) is 128 cm³/mol. The van der Waals surface area contributed by atoms with Crippen LogP contribution in [0, 0.1) is 19.9 Å². The summed E-state index contributed by atoms with van der Waals surface area (Å²) in [5.41, 5.74) is 5.10. The Morgan fingerprint density at radius 2 is 1.46 bits per heavy atom. The minimum atomic E-state index is 0. The van der Waals surface area contributed by atoms with Crippen molar-refractivity contribution in [2.75, 3.05) is 5.32 Å². The largest absolute Gasteiger partial charge is 0.415 e. The molecule has 0 bridgehead atoms. The van der Waals surface area contributed by atoms with Crippen molar-refractivity contribution in [3.05, 3.63) is 78.0 Å². The molecule has 0 unspecified atom stereocenters. The molecule has 2 heteroatoms. The average molecular weight is 630 g/mol. The van der Waals surface area contributed by atoms with Crippen LogP contribution in [0.25, 0.3) is 0 Å². The Bertz CT molecular complexity index is 532. The van der Waals surface area contributed by atoms with E-state index in [1.54, 1.807) is 6.20 Å². The Balaban J connectivity index is -0.000000158. The minimum absolute atomic E-state index is 0. The Morgan fingerprint density at radius 3 is 1.89 bits per heavy atom. The molecule has 0 radical (unpaired) electrons. The van der Waals surface area contributed by atoms with E-state index in [2.05, 4.69) is 56.1 Å². The minimum Gasteiger partial charge on any atom is -0.415 e. The van der Waals surface area contributed by atoms with E-state index < -0.39 is 0 Å². The van der Waals surface area contributed by atoms with Gasteiger partial charge in [0.25, 0.3) is 0 Å². The van der Waals surface area contributed by atoms with Crippen LogP contribution < -0.4 is 5.32 Å². The van der Waals surface area contributed by atoms with Crippen LogP contribution in [0.15, 0.2) is 55.2 Å². The number of benzene rings is 2. The van der Waals surface area contributed by atoms with Gasteiger partial charge in [-0.1, -0.05) is 104 Å². The average Bonchev–Trinajstić information content (AvgIpc) is 2.74. The van der Waals surface area contributed by atoms with E-state index in [1.807, 2.05) is 66.7 Å². The van der Waals surface area contributed by atoms with Gasteiger partial charge in [0.1, 0.15) is 0 Å². The molecule has 0 fully saturated rings. The third kappa shape index (κ3) is 17.8. The Hall–Kier alpha value is -3.02. The number of hydrogen-bond acceptors (Lipinski definition) is 1. The first kappa shape index (κ1) is 32.6. The van der Waals surface area contributed by atoms with Gasteiger partial charge in [-0.05, 0) is 31.5 Å². The van der Waals surface area contributed by atoms with Crippen molar-refractivity contribution in [2.24, 2.45) is 0 Å². The number of rotatable bonds is 5. The Kier molecular flexibility index (Phi) is 30.6. The molecular weight excluding hydrogens is 585 g/mol. The molecule has 0 aliphatic carbocycles. The van der Waals surface area contributed by atoms with Gasteiger partial charge < -0.3 is 5.32 Å². The van der Waals surface area contributed by atoms with Crippen LogP contribution in [0.2, 0.25) is 0 Å². The van der Waals surface area contributed by atoms with E-state index in [9.17, 15) is 0 Å². The maximum atomic E-state index is 3.57. The van der Waals surface area contributed by atoms with E-state index in [0.29, 0.717) is 0 Å². The number of aryl methyl sites for hydroxylation is 3. The van der Waals surface area contributed by atoms with Gasteiger partial charge in [-0.15, -0.1) is 5.56 Å². The molecule has 28 heavy (non-hydrogen) atoms. The standard InChI is InChI=1S/C11H16.C9H10N.3C2H6.No/c1-3-4-5-11-8-6-10(2)7-9-11;1-3-10-9-7-5-4-6-8(9)2;3*1-2;/h6-9H,3-5H2,1-2H3;3-4,6-7,10H,1H2,2H3;3*1-2H3;/q;-1;;;;. The van der Waals surface area contributed by atoms with E-state index in [4.69, 9.17) is 0 Å². The van der Waals surface area contributed by atoms with Crippen LogP contribution >= 0.6 is 0 Å². The number of unbranched alkanes of at least 4 members (excludes halogenated alkanes) is 1. The number of anilines is 1. The van der Waals surface area contributed by atoms with Gasteiger partial charge in [0.05, 0.1) is 0 Å². The van der Waals surface area contributed by atoms with Crippen LogP contribution in [0.1, 0.15) is 78.0 Å². The molecule has 168 valence electrons. The molecule has 2 rings (SSSR count). The summed E-state index contributed by atoms with van der Waals surface area (Å²) in [5, 5.41) is 3.01. The van der Waals surface area contributed by atoms with E-state index in [-0.39, 0.29) is 0 Å². The van der Waals surface area contributed by atoms with Crippen LogP contribution in [0.5, 0.6) is 0 Å². The van der Waals surface area contributed by atoms with Gasteiger partial charge in [0.15, 0.2) is 0 Å². The Labute approximate surface area is 170 Å². The van der Waals surface area contributed by atoms with Crippen LogP contribution in [0.3, 0.4) is 0 Å². The fourth-order valence-electron chi connectivity index (χ4n) is 1.91. The monoisotopic (exact) mass is 629 g/mol. The van der Waals surface area contributed by atoms with Crippen molar-refractivity contribution in [3.63, 3.8) is 0 Å². The first-order valence-corrected chi connectivity index (χ1v) is 10.6. The molecule has 2 aromatic carbocycles. The van der Waals surface area contributed by atoms with Gasteiger partial charge in [-0.2, -0.15) is 24.3 Å². The molecule has 0 amide bonds. The molecule has 2 aromatic rings. The molecule has 0 aromatic heterocycles. The SMILES string of the molecule is C=CNc1c[c-]ccc1C.CC.CC.CC.CCCCc1ccc(C)cc1.[No]. The molecule has 1 N–H and O–H groups in total. The maximum Gasteiger partial charge on any atom is 0 e. The molecule has 0 heterocycles. The van der Waals surface area contributed by atoms with Crippen LogP contribution in [-0.4, -0.2) is 0 Å². The molecule has 1 nitrogen and oxygen atoms in total. The molecule has 0 saturated carbocycles. The summed E-state index contributed by atoms with van der Waals surface area (Å²) in [6.07, 6.45) is 5.49. The van der Waals surface area contributed by atoms with Crippen molar-refractivity contribution in [3.8, 4) is 0 Å². The predicted octanol–water partition coefficient (Wildman–Crippen LogP) is 8.77. The third-order valence-electron chi connectivity index (χ3n) is 3.28. The first-order valence-electron chi connectivity index (χ1n) is 10.6. The molecular formula is C26H44NNo-. The second-order valence-electron chi connectivity index (χ2n) is 5.18. The van der Waals surface area contributed by atoms with Gasteiger partial charge >= 0.3 is 0 Å². The zero-order valence-corrected chi connectivity index (χ0v) is 21.9. The summed E-state index contributed by atoms with van der Waals surface area (Å²) >= 11 is 0. The van der Waals surface area contributed by atoms with Gasteiger partial charge in [0, 0.05) is 0 Å². The van der Waals surface area contributed by atoms with Crippen LogP contribution in [0.4, 0.5) is 5.69 Å². The Morgan fingerprint density at radius 1 is 0.929 bits per heavy atom. The van der Waals surface area contributed by atoms with E-state index >= 15 is 0 Å².